The highest BCUT2D eigenvalue weighted by Crippen LogP contribution is 2.26. The minimum Gasteiger partial charge on any atom is -0.481 e. The molecule has 0 spiro atoms. The van der Waals surface area contributed by atoms with Gasteiger partial charge >= 0.3 is 0 Å². The van der Waals surface area contributed by atoms with Crippen LogP contribution in [0.2, 0.25) is 0 Å². The monoisotopic (exact) mass is 250 g/mol. The zero-order valence-corrected chi connectivity index (χ0v) is 11.5. The summed E-state index contributed by atoms with van der Waals surface area (Å²) in [6.07, 6.45) is 0.321. The molecule has 2 atom stereocenters. The minimum absolute atomic E-state index is 0.0603. The van der Waals surface area contributed by atoms with Gasteiger partial charge in [-0.3, -0.25) is 4.79 Å². The predicted molar refractivity (Wildman–Crippen MR) is 72.4 cm³/mol. The Bertz CT molecular complexity index is 405. The number of rotatable bonds is 5. The van der Waals surface area contributed by atoms with Crippen LogP contribution in [0.15, 0.2) is 24.3 Å². The molecule has 0 aromatic heterocycles. The van der Waals surface area contributed by atoms with Crippen molar-refractivity contribution in [2.24, 2.45) is 5.73 Å². The quantitative estimate of drug-likeness (QED) is 0.869. The Kier molecular flexibility index (Phi) is 5.16. The molecule has 0 saturated carbocycles. The van der Waals surface area contributed by atoms with Crippen LogP contribution in [0.4, 0.5) is 0 Å². The summed E-state index contributed by atoms with van der Waals surface area (Å²) in [5.74, 6) is 0.629. The highest BCUT2D eigenvalue weighted by atomic mass is 16.5. The van der Waals surface area contributed by atoms with Crippen molar-refractivity contribution < 1.29 is 9.53 Å². The third-order valence-corrected chi connectivity index (χ3v) is 2.85. The summed E-state index contributed by atoms with van der Waals surface area (Å²) in [6, 6.07) is 7.54. The fourth-order valence-electron chi connectivity index (χ4n) is 1.72. The maximum absolute atomic E-state index is 11.8. The molecule has 4 nitrogen and oxygen atoms in total. The van der Waals surface area contributed by atoms with E-state index in [1.165, 1.54) is 4.90 Å². The van der Waals surface area contributed by atoms with Crippen LogP contribution in [0.5, 0.6) is 5.75 Å². The maximum atomic E-state index is 11.8. The van der Waals surface area contributed by atoms with E-state index in [-0.39, 0.29) is 11.9 Å². The van der Waals surface area contributed by atoms with E-state index in [1.54, 1.807) is 21.0 Å². The van der Waals surface area contributed by atoms with Crippen LogP contribution in [-0.4, -0.2) is 31.0 Å². The minimum atomic E-state index is -0.509. The summed E-state index contributed by atoms with van der Waals surface area (Å²) < 4.78 is 5.72. The van der Waals surface area contributed by atoms with Crippen molar-refractivity contribution in [3.63, 3.8) is 0 Å². The van der Waals surface area contributed by atoms with E-state index in [0.29, 0.717) is 5.75 Å². The zero-order chi connectivity index (χ0) is 13.7. The number of benzene rings is 1. The number of hydrogen-bond donors (Lipinski definition) is 1. The van der Waals surface area contributed by atoms with Gasteiger partial charge in [0.2, 0.25) is 0 Å². The molecule has 0 aliphatic heterocycles. The lowest BCUT2D eigenvalue weighted by Crippen LogP contribution is -2.35. The molecule has 0 aliphatic carbocycles. The van der Waals surface area contributed by atoms with Gasteiger partial charge in [0.25, 0.3) is 5.91 Å². The van der Waals surface area contributed by atoms with E-state index >= 15 is 0 Å². The molecule has 1 unspecified atom stereocenters. The van der Waals surface area contributed by atoms with Crippen LogP contribution in [0, 0.1) is 0 Å². The molecule has 0 aliphatic rings. The molecular weight excluding hydrogens is 228 g/mol. The lowest BCUT2D eigenvalue weighted by Gasteiger charge is -2.21. The Morgan fingerprint density at radius 1 is 1.39 bits per heavy atom. The fraction of sp³-hybridized carbons (Fsp3) is 0.500. The summed E-state index contributed by atoms with van der Waals surface area (Å²) in [6.45, 7) is 3.77. The predicted octanol–water partition coefficient (Wildman–Crippen LogP) is 1.95. The number of hydrogen-bond acceptors (Lipinski definition) is 3. The molecule has 0 radical (unpaired) electrons. The van der Waals surface area contributed by atoms with Crippen LogP contribution in [0.3, 0.4) is 0 Å². The van der Waals surface area contributed by atoms with Crippen molar-refractivity contribution in [1.29, 1.82) is 0 Å². The van der Waals surface area contributed by atoms with E-state index in [0.717, 1.165) is 12.0 Å². The van der Waals surface area contributed by atoms with Gasteiger partial charge in [-0.15, -0.1) is 0 Å². The Morgan fingerprint density at radius 3 is 2.56 bits per heavy atom. The van der Waals surface area contributed by atoms with E-state index < -0.39 is 6.10 Å². The van der Waals surface area contributed by atoms with Gasteiger partial charge in [-0.25, -0.2) is 0 Å². The zero-order valence-electron chi connectivity index (χ0n) is 11.5. The number of carbonyl (C=O) groups excluding carboxylic acids is 1. The third-order valence-electron chi connectivity index (χ3n) is 2.85. The van der Waals surface area contributed by atoms with Gasteiger partial charge in [-0.05, 0) is 19.4 Å². The molecule has 1 aromatic carbocycles. The van der Waals surface area contributed by atoms with Crippen LogP contribution in [-0.2, 0) is 4.79 Å². The summed E-state index contributed by atoms with van der Waals surface area (Å²) >= 11 is 0. The van der Waals surface area contributed by atoms with Crippen molar-refractivity contribution in [1.82, 2.24) is 4.90 Å². The average molecular weight is 250 g/mol. The van der Waals surface area contributed by atoms with Gasteiger partial charge in [0.15, 0.2) is 6.10 Å². The third kappa shape index (κ3) is 3.47. The first kappa shape index (κ1) is 14.5. The van der Waals surface area contributed by atoms with E-state index in [1.807, 2.05) is 31.2 Å². The van der Waals surface area contributed by atoms with Gasteiger partial charge in [0, 0.05) is 25.7 Å². The first-order valence-electron chi connectivity index (χ1n) is 6.19. The molecule has 4 heteroatoms. The molecule has 1 amide bonds. The highest BCUT2D eigenvalue weighted by Gasteiger charge is 2.19. The Labute approximate surface area is 109 Å². The highest BCUT2D eigenvalue weighted by molar-refractivity contribution is 5.80. The van der Waals surface area contributed by atoms with Crippen molar-refractivity contribution in [3.8, 4) is 5.75 Å². The Morgan fingerprint density at radius 2 is 2.00 bits per heavy atom. The lowest BCUT2D eigenvalue weighted by molar-refractivity contribution is -0.135. The van der Waals surface area contributed by atoms with Crippen LogP contribution in [0.25, 0.3) is 0 Å². The number of nitrogens with zero attached hydrogens (tertiary/aromatic N) is 1. The molecule has 0 fully saturated rings. The average Bonchev–Trinajstić information content (AvgIpc) is 2.37. The maximum Gasteiger partial charge on any atom is 0.262 e. The number of para-hydroxylation sites is 1. The molecule has 0 saturated heterocycles. The molecule has 1 aromatic rings. The Hall–Kier alpha value is -1.55. The second kappa shape index (κ2) is 6.40. The van der Waals surface area contributed by atoms with Crippen LogP contribution in [0.1, 0.15) is 31.9 Å². The van der Waals surface area contributed by atoms with E-state index in [2.05, 4.69) is 0 Å². The Balaban J connectivity index is 2.87. The molecule has 2 N–H and O–H groups in total. The van der Waals surface area contributed by atoms with E-state index in [4.69, 9.17) is 10.5 Å². The second-order valence-corrected chi connectivity index (χ2v) is 4.55. The lowest BCUT2D eigenvalue weighted by atomic mass is 10.0. The number of nitrogens with two attached hydrogens (primary N) is 1. The number of amides is 1. The second-order valence-electron chi connectivity index (χ2n) is 4.55. The number of ether oxygens (including phenoxy) is 1. The van der Waals surface area contributed by atoms with Crippen molar-refractivity contribution in [3.05, 3.63) is 29.8 Å². The molecule has 100 valence electrons. The number of likely N-dealkylation sites (N-methyl/N-ethyl adjacent to an activating group) is 1. The molecule has 0 bridgehead atoms. The van der Waals surface area contributed by atoms with Crippen LogP contribution >= 0.6 is 0 Å². The van der Waals surface area contributed by atoms with Crippen molar-refractivity contribution in [2.75, 3.05) is 14.1 Å². The van der Waals surface area contributed by atoms with Crippen molar-refractivity contribution >= 4 is 5.91 Å². The normalized spacial score (nSPS) is 13.8. The molecule has 1 rings (SSSR count). The largest absolute Gasteiger partial charge is 0.481 e. The number of carbonyl (C=O) groups is 1. The molecular formula is C14H22N2O2. The smallest absolute Gasteiger partial charge is 0.262 e. The van der Waals surface area contributed by atoms with Gasteiger partial charge in [0.1, 0.15) is 5.75 Å². The summed E-state index contributed by atoms with van der Waals surface area (Å²) in [4.78, 5) is 13.3. The van der Waals surface area contributed by atoms with Gasteiger partial charge in [-0.1, -0.05) is 25.1 Å². The summed E-state index contributed by atoms with van der Waals surface area (Å²) in [5, 5.41) is 0. The fourth-order valence-corrected chi connectivity index (χ4v) is 1.72. The first-order valence-corrected chi connectivity index (χ1v) is 6.19. The first-order chi connectivity index (χ1) is 8.47. The van der Waals surface area contributed by atoms with Crippen molar-refractivity contribution in [2.45, 2.75) is 32.4 Å². The van der Waals surface area contributed by atoms with Gasteiger partial charge < -0.3 is 15.4 Å². The molecule has 0 heterocycles. The molecule has 18 heavy (non-hydrogen) atoms. The van der Waals surface area contributed by atoms with Gasteiger partial charge in [0.05, 0.1) is 0 Å². The summed E-state index contributed by atoms with van der Waals surface area (Å²) in [7, 11) is 3.43. The van der Waals surface area contributed by atoms with E-state index in [9.17, 15) is 4.79 Å². The summed E-state index contributed by atoms with van der Waals surface area (Å²) in [5.41, 5.74) is 6.97. The van der Waals surface area contributed by atoms with Crippen LogP contribution < -0.4 is 10.5 Å². The SMILES string of the molecule is CC[C@H](N)c1ccccc1OC(C)C(=O)N(C)C. The standard InChI is InChI=1S/C14H22N2O2/c1-5-12(15)11-8-6-7-9-13(11)18-10(2)14(17)16(3)4/h6-10,12H,5,15H2,1-4H3/t10?,12-/m0/s1. The van der Waals surface area contributed by atoms with Gasteiger partial charge in [-0.2, -0.15) is 0 Å². The topological polar surface area (TPSA) is 55.6 Å².